The minimum Gasteiger partial charge on any atom is -0.397 e. The highest BCUT2D eigenvalue weighted by Gasteiger charge is 2.22. The summed E-state index contributed by atoms with van der Waals surface area (Å²) in [5.41, 5.74) is 9.40. The van der Waals surface area contributed by atoms with Crippen molar-refractivity contribution in [3.05, 3.63) is 63.9 Å². The fourth-order valence-corrected chi connectivity index (χ4v) is 5.90. The van der Waals surface area contributed by atoms with Crippen molar-refractivity contribution in [2.24, 2.45) is 0 Å². The standard InChI is InChI=1S/C22H20N4O4S2/c1-12-10-18(25-30-12)26-32(28,29)15-8-6-13(7-9-15)20(27)21-19(23)16-11-14-4-2-3-5-17(14)24-22(16)31-21/h6-11H,2-5,23H2,1H3,(H,25,26). The van der Waals surface area contributed by atoms with Crippen molar-refractivity contribution in [3.63, 3.8) is 0 Å². The molecule has 3 aromatic heterocycles. The maximum Gasteiger partial charge on any atom is 0.263 e. The van der Waals surface area contributed by atoms with Crippen molar-refractivity contribution in [2.75, 3.05) is 10.5 Å². The smallest absolute Gasteiger partial charge is 0.263 e. The lowest BCUT2D eigenvalue weighted by Gasteiger charge is -2.14. The molecule has 0 amide bonds. The second kappa shape index (κ2) is 7.72. The van der Waals surface area contributed by atoms with Gasteiger partial charge in [0.15, 0.2) is 5.82 Å². The van der Waals surface area contributed by atoms with Crippen LogP contribution in [0.15, 0.2) is 45.8 Å². The van der Waals surface area contributed by atoms with E-state index in [2.05, 4.69) is 15.9 Å². The van der Waals surface area contributed by atoms with Gasteiger partial charge < -0.3 is 10.3 Å². The second-order valence-corrected chi connectivity index (χ2v) is 10.5. The van der Waals surface area contributed by atoms with E-state index in [-0.39, 0.29) is 16.5 Å². The van der Waals surface area contributed by atoms with Crippen LogP contribution in [0.4, 0.5) is 11.5 Å². The molecule has 32 heavy (non-hydrogen) atoms. The first-order chi connectivity index (χ1) is 15.3. The summed E-state index contributed by atoms with van der Waals surface area (Å²) in [5.74, 6) is 0.323. The second-order valence-electron chi connectivity index (χ2n) is 7.78. The maximum absolute atomic E-state index is 13.1. The monoisotopic (exact) mass is 468 g/mol. The maximum atomic E-state index is 13.1. The molecule has 10 heteroatoms. The van der Waals surface area contributed by atoms with Crippen molar-refractivity contribution in [1.29, 1.82) is 0 Å². The Morgan fingerprint density at radius 3 is 2.62 bits per heavy atom. The predicted octanol–water partition coefficient (Wildman–Crippen LogP) is 4.09. The molecule has 0 saturated heterocycles. The Labute approximate surface area is 188 Å². The number of aryl methyl sites for hydroxylation is 3. The molecule has 164 valence electrons. The molecule has 0 saturated carbocycles. The average molecular weight is 469 g/mol. The number of anilines is 2. The lowest BCUT2D eigenvalue weighted by atomic mass is 9.95. The van der Waals surface area contributed by atoms with Crippen LogP contribution in [0.25, 0.3) is 10.2 Å². The highest BCUT2D eigenvalue weighted by atomic mass is 32.2. The van der Waals surface area contributed by atoms with E-state index in [0.29, 0.717) is 21.9 Å². The Bertz CT molecular complexity index is 1450. The van der Waals surface area contributed by atoms with Crippen molar-refractivity contribution < 1.29 is 17.7 Å². The van der Waals surface area contributed by atoms with Gasteiger partial charge >= 0.3 is 0 Å². The number of nitrogens with two attached hydrogens (primary N) is 1. The molecule has 3 heterocycles. The highest BCUT2D eigenvalue weighted by molar-refractivity contribution is 7.92. The van der Waals surface area contributed by atoms with E-state index in [0.717, 1.165) is 41.6 Å². The molecule has 8 nitrogen and oxygen atoms in total. The number of benzene rings is 1. The van der Waals surface area contributed by atoms with Crippen LogP contribution in [0.1, 0.15) is 45.1 Å². The number of ketones is 1. The van der Waals surface area contributed by atoms with Crippen LogP contribution in [0, 0.1) is 6.92 Å². The summed E-state index contributed by atoms with van der Waals surface area (Å²) in [6, 6.07) is 9.25. The summed E-state index contributed by atoms with van der Waals surface area (Å²) in [6.07, 6.45) is 4.19. The van der Waals surface area contributed by atoms with Gasteiger partial charge in [-0.2, -0.15) is 0 Å². The average Bonchev–Trinajstić information content (AvgIpc) is 3.33. The zero-order valence-corrected chi connectivity index (χ0v) is 18.8. The van der Waals surface area contributed by atoms with Gasteiger partial charge in [-0.3, -0.25) is 9.52 Å². The fourth-order valence-electron chi connectivity index (χ4n) is 3.86. The van der Waals surface area contributed by atoms with Gasteiger partial charge in [-0.05, 0) is 68.5 Å². The van der Waals surface area contributed by atoms with Crippen LogP contribution in [-0.4, -0.2) is 24.3 Å². The zero-order valence-electron chi connectivity index (χ0n) is 17.2. The van der Waals surface area contributed by atoms with Crippen LogP contribution < -0.4 is 10.5 Å². The minimum atomic E-state index is -3.86. The number of carbonyl (C=O) groups excluding carboxylic acids is 1. The third-order valence-electron chi connectivity index (χ3n) is 5.50. The molecular formula is C22H20N4O4S2. The molecule has 5 rings (SSSR count). The number of rotatable bonds is 5. The predicted molar refractivity (Wildman–Crippen MR) is 123 cm³/mol. The van der Waals surface area contributed by atoms with E-state index in [4.69, 9.17) is 15.2 Å². The van der Waals surface area contributed by atoms with Crippen molar-refractivity contribution >= 4 is 48.9 Å². The summed E-state index contributed by atoms with van der Waals surface area (Å²) in [4.78, 5) is 19.1. The number of pyridine rings is 1. The van der Waals surface area contributed by atoms with E-state index in [9.17, 15) is 13.2 Å². The Morgan fingerprint density at radius 1 is 1.16 bits per heavy atom. The quantitative estimate of drug-likeness (QED) is 0.422. The number of nitrogens with zero attached hydrogens (tertiary/aromatic N) is 2. The third kappa shape index (κ3) is 3.65. The molecular weight excluding hydrogens is 448 g/mol. The number of nitrogen functional groups attached to an aromatic ring is 1. The SMILES string of the molecule is Cc1cc(NS(=O)(=O)c2ccc(C(=O)c3sc4nc5c(cc4c3N)CCCC5)cc2)no1. The van der Waals surface area contributed by atoms with E-state index < -0.39 is 10.0 Å². The minimum absolute atomic E-state index is 0.00774. The van der Waals surface area contributed by atoms with E-state index >= 15 is 0 Å². The first-order valence-electron chi connectivity index (χ1n) is 10.1. The molecule has 1 aromatic carbocycles. The number of hydrogen-bond donors (Lipinski definition) is 2. The topological polar surface area (TPSA) is 128 Å². The largest absolute Gasteiger partial charge is 0.397 e. The highest BCUT2D eigenvalue weighted by Crippen LogP contribution is 2.36. The van der Waals surface area contributed by atoms with E-state index in [1.54, 1.807) is 6.92 Å². The molecule has 0 bridgehead atoms. The van der Waals surface area contributed by atoms with Gasteiger partial charge in [0.1, 0.15) is 15.5 Å². The number of fused-ring (bicyclic) bond motifs is 2. The summed E-state index contributed by atoms with van der Waals surface area (Å²) >= 11 is 1.28. The van der Waals surface area contributed by atoms with Crippen LogP contribution in [0.3, 0.4) is 0 Å². The molecule has 3 N–H and O–H groups in total. The van der Waals surface area contributed by atoms with Gasteiger partial charge in [0.25, 0.3) is 10.0 Å². The normalized spacial score (nSPS) is 13.8. The number of thiophene rings is 1. The summed E-state index contributed by atoms with van der Waals surface area (Å²) in [5, 5.41) is 4.44. The Hall–Kier alpha value is -3.24. The van der Waals surface area contributed by atoms with Crippen molar-refractivity contribution in [2.45, 2.75) is 37.5 Å². The van der Waals surface area contributed by atoms with E-state index in [1.165, 1.54) is 47.2 Å². The Morgan fingerprint density at radius 2 is 1.91 bits per heavy atom. The first kappa shape index (κ1) is 20.7. The van der Waals surface area contributed by atoms with Gasteiger partial charge in [-0.15, -0.1) is 11.3 Å². The number of sulfonamides is 1. The van der Waals surface area contributed by atoms with Gasteiger partial charge in [0.05, 0.1) is 10.6 Å². The molecule has 4 aromatic rings. The number of nitrogens with one attached hydrogen (secondary N) is 1. The number of carbonyl (C=O) groups is 1. The zero-order chi connectivity index (χ0) is 22.5. The summed E-state index contributed by atoms with van der Waals surface area (Å²) < 4.78 is 32.3. The molecule has 1 aliphatic carbocycles. The van der Waals surface area contributed by atoms with Gasteiger partial charge in [-0.25, -0.2) is 13.4 Å². The molecule has 0 fully saturated rings. The van der Waals surface area contributed by atoms with Crippen molar-refractivity contribution in [3.8, 4) is 0 Å². The number of aromatic nitrogens is 2. The molecule has 1 aliphatic rings. The first-order valence-corrected chi connectivity index (χ1v) is 12.4. The van der Waals surface area contributed by atoms with Gasteiger partial charge in [-0.1, -0.05) is 5.16 Å². The van der Waals surface area contributed by atoms with Crippen LogP contribution in [0.2, 0.25) is 0 Å². The fraction of sp³-hybridized carbons (Fsp3) is 0.227. The lowest BCUT2D eigenvalue weighted by molar-refractivity contribution is 0.104. The Kier molecular flexibility index (Phi) is 4.98. The van der Waals surface area contributed by atoms with Crippen LogP contribution in [0.5, 0.6) is 0 Å². The van der Waals surface area contributed by atoms with Crippen molar-refractivity contribution in [1.82, 2.24) is 10.1 Å². The van der Waals surface area contributed by atoms with Crippen LogP contribution in [-0.2, 0) is 22.9 Å². The Balaban J connectivity index is 1.43. The molecule has 0 aliphatic heterocycles. The molecule has 0 spiro atoms. The summed E-state index contributed by atoms with van der Waals surface area (Å²) in [7, 11) is -3.86. The van der Waals surface area contributed by atoms with Gasteiger partial charge in [0.2, 0.25) is 5.78 Å². The molecule has 0 unspecified atom stereocenters. The number of hydrogen-bond acceptors (Lipinski definition) is 8. The van der Waals surface area contributed by atoms with Gasteiger partial charge in [0, 0.05) is 22.7 Å². The molecule has 0 radical (unpaired) electrons. The summed E-state index contributed by atoms with van der Waals surface area (Å²) in [6.45, 7) is 1.66. The lowest BCUT2D eigenvalue weighted by Crippen LogP contribution is -2.13. The molecule has 0 atom stereocenters. The van der Waals surface area contributed by atoms with E-state index in [1.807, 2.05) is 0 Å². The van der Waals surface area contributed by atoms with Crippen LogP contribution >= 0.6 is 11.3 Å². The third-order valence-corrected chi connectivity index (χ3v) is 7.98.